The van der Waals surface area contributed by atoms with Crippen molar-refractivity contribution < 1.29 is 9.13 Å². The molecule has 1 aromatic carbocycles. The Balaban J connectivity index is 2.14. The number of halogens is 2. The number of rotatable bonds is 1. The van der Waals surface area contributed by atoms with E-state index in [1.54, 1.807) is 6.07 Å². The first-order valence-electron chi connectivity index (χ1n) is 5.69. The molecule has 94 valence electrons. The van der Waals surface area contributed by atoms with Gasteiger partial charge < -0.3 is 9.64 Å². The van der Waals surface area contributed by atoms with Crippen molar-refractivity contribution in [1.29, 1.82) is 0 Å². The molecule has 0 atom stereocenters. The third kappa shape index (κ3) is 2.11. The molecule has 1 aromatic heterocycles. The third-order valence-corrected chi connectivity index (χ3v) is 3.09. The van der Waals surface area contributed by atoms with Gasteiger partial charge in [0, 0.05) is 24.5 Å². The van der Waals surface area contributed by atoms with Gasteiger partial charge in [-0.25, -0.2) is 9.37 Å². The average Bonchev–Trinajstić information content (AvgIpc) is 2.38. The number of fused-ring (bicyclic) bond motifs is 1. The summed E-state index contributed by atoms with van der Waals surface area (Å²) in [7, 11) is 0. The molecule has 1 saturated heterocycles. The number of hydrogen-bond acceptors (Lipinski definition) is 4. The monoisotopic (exact) mass is 267 g/mol. The number of aromatic nitrogens is 2. The molecular weight excluding hydrogens is 257 g/mol. The van der Waals surface area contributed by atoms with Crippen LogP contribution in [0.5, 0.6) is 0 Å². The first-order chi connectivity index (χ1) is 8.74. The lowest BCUT2D eigenvalue weighted by Gasteiger charge is -2.28. The molecule has 2 heterocycles. The normalized spacial score (nSPS) is 16.2. The van der Waals surface area contributed by atoms with Crippen molar-refractivity contribution >= 4 is 28.3 Å². The van der Waals surface area contributed by atoms with E-state index in [0.29, 0.717) is 18.7 Å². The molecule has 0 radical (unpaired) electrons. The van der Waals surface area contributed by atoms with Crippen molar-refractivity contribution in [2.45, 2.75) is 0 Å². The maximum atomic E-state index is 13.2. The molecule has 0 N–H and O–H groups in total. The molecule has 0 saturated carbocycles. The zero-order valence-corrected chi connectivity index (χ0v) is 10.3. The van der Waals surface area contributed by atoms with Crippen LogP contribution in [0.3, 0.4) is 0 Å². The van der Waals surface area contributed by atoms with Crippen LogP contribution in [-0.4, -0.2) is 36.3 Å². The van der Waals surface area contributed by atoms with E-state index < -0.39 is 0 Å². The number of hydrogen-bond donors (Lipinski definition) is 0. The van der Waals surface area contributed by atoms with Crippen molar-refractivity contribution in [3.8, 4) is 0 Å². The van der Waals surface area contributed by atoms with Crippen LogP contribution >= 0.6 is 11.6 Å². The minimum absolute atomic E-state index is 0.134. The molecule has 1 aliphatic heterocycles. The van der Waals surface area contributed by atoms with Crippen molar-refractivity contribution in [1.82, 2.24) is 9.97 Å². The summed E-state index contributed by atoms with van der Waals surface area (Å²) in [4.78, 5) is 10.4. The molecule has 0 unspecified atom stereocenters. The van der Waals surface area contributed by atoms with Crippen LogP contribution in [0.4, 0.5) is 10.2 Å². The zero-order chi connectivity index (χ0) is 12.5. The second kappa shape index (κ2) is 4.66. The molecule has 0 spiro atoms. The van der Waals surface area contributed by atoms with Gasteiger partial charge in [-0.3, -0.25) is 0 Å². The molecule has 6 heteroatoms. The molecule has 0 bridgehead atoms. The fraction of sp³-hybridized carbons (Fsp3) is 0.333. The fourth-order valence-electron chi connectivity index (χ4n) is 2.07. The average molecular weight is 268 g/mol. The van der Waals surface area contributed by atoms with Gasteiger partial charge in [-0.15, -0.1) is 0 Å². The van der Waals surface area contributed by atoms with E-state index in [1.165, 1.54) is 12.1 Å². The predicted octanol–water partition coefficient (Wildman–Crippen LogP) is 2.26. The maximum Gasteiger partial charge on any atom is 0.224 e. The zero-order valence-electron chi connectivity index (χ0n) is 9.57. The highest BCUT2D eigenvalue weighted by atomic mass is 35.5. The number of benzene rings is 1. The minimum atomic E-state index is -0.329. The van der Waals surface area contributed by atoms with Gasteiger partial charge in [0.1, 0.15) is 11.6 Å². The first kappa shape index (κ1) is 11.6. The van der Waals surface area contributed by atoms with Crippen molar-refractivity contribution in [2.75, 3.05) is 31.2 Å². The van der Waals surface area contributed by atoms with Gasteiger partial charge in [0.15, 0.2) is 0 Å². The fourth-order valence-corrected chi connectivity index (χ4v) is 2.25. The standard InChI is InChI=1S/C12H11ClFN3O/c13-12-15-10-7-8(14)1-2-9(10)11(16-12)17-3-5-18-6-4-17/h1-2,7H,3-6H2. The quantitative estimate of drug-likeness (QED) is 0.743. The lowest BCUT2D eigenvalue weighted by molar-refractivity contribution is 0.122. The summed E-state index contributed by atoms with van der Waals surface area (Å²) >= 11 is 5.89. The number of morpholine rings is 1. The van der Waals surface area contributed by atoms with E-state index >= 15 is 0 Å². The highest BCUT2D eigenvalue weighted by Gasteiger charge is 2.17. The Morgan fingerprint density at radius 3 is 2.78 bits per heavy atom. The van der Waals surface area contributed by atoms with Gasteiger partial charge in [-0.2, -0.15) is 4.98 Å². The summed E-state index contributed by atoms with van der Waals surface area (Å²) in [5, 5.41) is 0.942. The largest absolute Gasteiger partial charge is 0.378 e. The van der Waals surface area contributed by atoms with Gasteiger partial charge >= 0.3 is 0 Å². The minimum Gasteiger partial charge on any atom is -0.378 e. The van der Waals surface area contributed by atoms with Gasteiger partial charge in [0.25, 0.3) is 0 Å². The first-order valence-corrected chi connectivity index (χ1v) is 6.07. The second-order valence-electron chi connectivity index (χ2n) is 4.08. The highest BCUT2D eigenvalue weighted by molar-refractivity contribution is 6.28. The lowest BCUT2D eigenvalue weighted by atomic mass is 10.2. The molecule has 0 amide bonds. The molecule has 4 nitrogen and oxygen atoms in total. The molecular formula is C12H11ClFN3O. The van der Waals surface area contributed by atoms with Crippen LogP contribution in [-0.2, 0) is 4.74 Å². The number of anilines is 1. The van der Waals surface area contributed by atoms with E-state index in [0.717, 1.165) is 24.3 Å². The Morgan fingerprint density at radius 1 is 1.22 bits per heavy atom. The van der Waals surface area contributed by atoms with Crippen molar-refractivity contribution in [3.05, 3.63) is 29.3 Å². The molecule has 1 fully saturated rings. The summed E-state index contributed by atoms with van der Waals surface area (Å²) in [6.45, 7) is 2.81. The summed E-state index contributed by atoms with van der Waals surface area (Å²) in [6.07, 6.45) is 0. The van der Waals surface area contributed by atoms with E-state index in [9.17, 15) is 4.39 Å². The van der Waals surface area contributed by atoms with Crippen LogP contribution < -0.4 is 4.90 Å². The molecule has 1 aliphatic rings. The smallest absolute Gasteiger partial charge is 0.224 e. The van der Waals surface area contributed by atoms with Crippen LogP contribution in [0, 0.1) is 5.82 Å². The molecule has 18 heavy (non-hydrogen) atoms. The predicted molar refractivity (Wildman–Crippen MR) is 67.5 cm³/mol. The van der Waals surface area contributed by atoms with Gasteiger partial charge in [-0.1, -0.05) is 0 Å². The number of ether oxygens (including phenoxy) is 1. The van der Waals surface area contributed by atoms with E-state index in [-0.39, 0.29) is 11.1 Å². The van der Waals surface area contributed by atoms with Crippen LogP contribution in [0.2, 0.25) is 5.28 Å². The van der Waals surface area contributed by atoms with Crippen LogP contribution in [0.1, 0.15) is 0 Å². The summed E-state index contributed by atoms with van der Waals surface area (Å²) in [6, 6.07) is 4.46. The van der Waals surface area contributed by atoms with Crippen molar-refractivity contribution in [2.24, 2.45) is 0 Å². The third-order valence-electron chi connectivity index (χ3n) is 2.92. The molecule has 2 aromatic rings. The Bertz CT molecular complexity index is 582. The summed E-state index contributed by atoms with van der Waals surface area (Å²) in [5.41, 5.74) is 0.525. The highest BCUT2D eigenvalue weighted by Crippen LogP contribution is 2.26. The summed E-state index contributed by atoms with van der Waals surface area (Å²) in [5.74, 6) is 0.415. The van der Waals surface area contributed by atoms with Crippen LogP contribution in [0.25, 0.3) is 10.9 Å². The Hall–Kier alpha value is -1.46. The maximum absolute atomic E-state index is 13.2. The van der Waals surface area contributed by atoms with Gasteiger partial charge in [-0.05, 0) is 23.7 Å². The SMILES string of the molecule is Fc1ccc2c(N3CCOCC3)nc(Cl)nc2c1. The van der Waals surface area contributed by atoms with Gasteiger partial charge in [0.05, 0.1) is 18.7 Å². The summed E-state index contributed by atoms with van der Waals surface area (Å²) < 4.78 is 18.5. The van der Waals surface area contributed by atoms with E-state index in [1.807, 2.05) is 0 Å². The molecule has 3 rings (SSSR count). The van der Waals surface area contributed by atoms with Crippen molar-refractivity contribution in [3.63, 3.8) is 0 Å². The molecule has 0 aliphatic carbocycles. The number of nitrogens with zero attached hydrogens (tertiary/aromatic N) is 3. The van der Waals surface area contributed by atoms with E-state index in [2.05, 4.69) is 14.9 Å². The lowest BCUT2D eigenvalue weighted by Crippen LogP contribution is -2.37. The van der Waals surface area contributed by atoms with Gasteiger partial charge in [0.2, 0.25) is 5.28 Å². The van der Waals surface area contributed by atoms with E-state index in [4.69, 9.17) is 16.3 Å². The van der Waals surface area contributed by atoms with Crippen LogP contribution in [0.15, 0.2) is 18.2 Å². The second-order valence-corrected chi connectivity index (χ2v) is 4.42. The topological polar surface area (TPSA) is 38.2 Å². The Kier molecular flexibility index (Phi) is 3.01. The Morgan fingerprint density at radius 2 is 2.00 bits per heavy atom. The Labute approximate surface area is 108 Å².